The number of hydrogen-bond acceptors (Lipinski definition) is 4. The summed E-state index contributed by atoms with van der Waals surface area (Å²) in [5, 5.41) is 10.1. The van der Waals surface area contributed by atoms with Gasteiger partial charge in [-0.3, -0.25) is 4.99 Å². The van der Waals surface area contributed by atoms with Crippen molar-refractivity contribution in [3.63, 3.8) is 0 Å². The molecule has 0 unspecified atom stereocenters. The molecule has 3 heterocycles. The van der Waals surface area contributed by atoms with Gasteiger partial charge in [0.05, 0.1) is 12.6 Å². The van der Waals surface area contributed by atoms with E-state index in [2.05, 4.69) is 4.90 Å². The van der Waals surface area contributed by atoms with Gasteiger partial charge in [0, 0.05) is 31.4 Å². The van der Waals surface area contributed by atoms with Crippen LogP contribution in [0.15, 0.2) is 23.2 Å². The van der Waals surface area contributed by atoms with Crippen LogP contribution < -0.4 is 4.74 Å². The van der Waals surface area contributed by atoms with Crippen molar-refractivity contribution in [1.29, 1.82) is 0 Å². The number of hydrogen-bond donors (Lipinski definition) is 1. The standard InChI is InChI=1S/C15H20N2O2/c1-19-13-4-2-3-12(14(13)18)11-16-15-5-8-17(9-6-15)10-7-15/h2-4,11,18H,5-10H2,1H3. The van der Waals surface area contributed by atoms with E-state index in [9.17, 15) is 5.11 Å². The number of phenols is 1. The third kappa shape index (κ3) is 2.32. The SMILES string of the molecule is COc1cccc(C=NC23CCN(CC2)CC3)c1O. The van der Waals surface area contributed by atoms with Crippen LogP contribution in [-0.2, 0) is 0 Å². The molecule has 102 valence electrons. The van der Waals surface area contributed by atoms with Gasteiger partial charge in [-0.2, -0.15) is 0 Å². The Morgan fingerprint density at radius 3 is 2.58 bits per heavy atom. The highest BCUT2D eigenvalue weighted by Gasteiger charge is 2.38. The first-order chi connectivity index (χ1) is 9.22. The smallest absolute Gasteiger partial charge is 0.166 e. The topological polar surface area (TPSA) is 45.1 Å². The van der Waals surface area contributed by atoms with E-state index in [0.717, 1.165) is 44.5 Å². The molecule has 2 bridgehead atoms. The minimum Gasteiger partial charge on any atom is -0.504 e. The number of phenolic OH excluding ortho intramolecular Hbond substituents is 1. The van der Waals surface area contributed by atoms with Crippen LogP contribution in [0.3, 0.4) is 0 Å². The lowest BCUT2D eigenvalue weighted by Gasteiger charge is -2.46. The van der Waals surface area contributed by atoms with Gasteiger partial charge in [0.1, 0.15) is 0 Å². The first-order valence-corrected chi connectivity index (χ1v) is 6.86. The molecule has 4 nitrogen and oxygen atoms in total. The van der Waals surface area contributed by atoms with Crippen LogP contribution in [0, 0.1) is 0 Å². The third-order valence-corrected chi connectivity index (χ3v) is 4.41. The Bertz CT molecular complexity index is 477. The van der Waals surface area contributed by atoms with Crippen LogP contribution in [-0.4, -0.2) is 48.5 Å². The average Bonchev–Trinajstić information content (AvgIpc) is 2.48. The van der Waals surface area contributed by atoms with Crippen LogP contribution in [0.4, 0.5) is 0 Å². The summed E-state index contributed by atoms with van der Waals surface area (Å²) in [5.74, 6) is 0.679. The fourth-order valence-corrected chi connectivity index (χ4v) is 3.02. The number of aliphatic imine (C=N–C) groups is 1. The summed E-state index contributed by atoms with van der Waals surface area (Å²) < 4.78 is 5.12. The van der Waals surface area contributed by atoms with E-state index in [0.29, 0.717) is 5.75 Å². The van der Waals surface area contributed by atoms with Crippen LogP contribution >= 0.6 is 0 Å². The third-order valence-electron chi connectivity index (χ3n) is 4.41. The highest BCUT2D eigenvalue weighted by Crippen LogP contribution is 2.36. The minimum atomic E-state index is 0.101. The number of benzene rings is 1. The van der Waals surface area contributed by atoms with Crippen molar-refractivity contribution in [3.8, 4) is 11.5 Å². The molecule has 1 aromatic carbocycles. The molecule has 3 aliphatic rings. The lowest BCUT2D eigenvalue weighted by atomic mass is 9.80. The molecule has 1 aromatic rings. The molecule has 0 aromatic heterocycles. The first kappa shape index (κ1) is 12.5. The fraction of sp³-hybridized carbons (Fsp3) is 0.533. The van der Waals surface area contributed by atoms with Crippen LogP contribution in [0.25, 0.3) is 0 Å². The van der Waals surface area contributed by atoms with E-state index in [4.69, 9.17) is 9.73 Å². The van der Waals surface area contributed by atoms with Crippen molar-refractivity contribution in [2.75, 3.05) is 26.7 Å². The largest absolute Gasteiger partial charge is 0.504 e. The Morgan fingerprint density at radius 1 is 1.26 bits per heavy atom. The number of nitrogens with zero attached hydrogens (tertiary/aromatic N) is 2. The maximum absolute atomic E-state index is 10.1. The van der Waals surface area contributed by atoms with Gasteiger partial charge >= 0.3 is 0 Å². The molecule has 0 amide bonds. The van der Waals surface area contributed by atoms with Gasteiger partial charge in [-0.05, 0) is 31.4 Å². The van der Waals surface area contributed by atoms with E-state index in [1.54, 1.807) is 13.2 Å². The Kier molecular flexibility index (Phi) is 3.19. The number of para-hydroxylation sites is 1. The molecule has 1 N–H and O–H groups in total. The Morgan fingerprint density at radius 2 is 1.95 bits per heavy atom. The summed E-state index contributed by atoms with van der Waals surface area (Å²) in [6, 6.07) is 5.50. The number of aromatic hydroxyl groups is 1. The number of fused-ring (bicyclic) bond motifs is 3. The molecule has 0 atom stereocenters. The summed E-state index contributed by atoms with van der Waals surface area (Å²) in [7, 11) is 1.56. The van der Waals surface area contributed by atoms with Crippen molar-refractivity contribution in [1.82, 2.24) is 4.90 Å². The summed E-state index contributed by atoms with van der Waals surface area (Å²) in [6.07, 6.45) is 5.22. The van der Waals surface area contributed by atoms with Crippen molar-refractivity contribution in [3.05, 3.63) is 23.8 Å². The van der Waals surface area contributed by atoms with Gasteiger partial charge in [0.15, 0.2) is 11.5 Å². The molecule has 3 saturated heterocycles. The van der Waals surface area contributed by atoms with Crippen LogP contribution in [0.2, 0.25) is 0 Å². The highest BCUT2D eigenvalue weighted by molar-refractivity contribution is 5.85. The van der Waals surface area contributed by atoms with Crippen molar-refractivity contribution in [2.24, 2.45) is 4.99 Å². The summed E-state index contributed by atoms with van der Waals surface area (Å²) in [4.78, 5) is 7.31. The molecule has 0 aliphatic carbocycles. The van der Waals surface area contributed by atoms with Crippen molar-refractivity contribution < 1.29 is 9.84 Å². The predicted molar refractivity (Wildman–Crippen MR) is 75.3 cm³/mol. The van der Waals surface area contributed by atoms with Gasteiger partial charge in [-0.1, -0.05) is 6.07 Å². The van der Waals surface area contributed by atoms with Gasteiger partial charge in [0.2, 0.25) is 0 Å². The Labute approximate surface area is 113 Å². The van der Waals surface area contributed by atoms with Gasteiger partial charge in [-0.25, -0.2) is 0 Å². The quantitative estimate of drug-likeness (QED) is 0.846. The molecule has 19 heavy (non-hydrogen) atoms. The van der Waals surface area contributed by atoms with Crippen LogP contribution in [0.1, 0.15) is 24.8 Å². The zero-order valence-corrected chi connectivity index (χ0v) is 11.3. The number of rotatable bonds is 3. The second kappa shape index (κ2) is 4.85. The van der Waals surface area contributed by atoms with Gasteiger partial charge in [-0.15, -0.1) is 0 Å². The van der Waals surface area contributed by atoms with E-state index in [1.165, 1.54) is 0 Å². The molecule has 0 radical (unpaired) electrons. The minimum absolute atomic E-state index is 0.101. The van der Waals surface area contributed by atoms with Crippen molar-refractivity contribution >= 4 is 6.21 Å². The van der Waals surface area contributed by atoms with Crippen molar-refractivity contribution in [2.45, 2.75) is 24.8 Å². The Balaban J connectivity index is 1.82. The molecule has 0 spiro atoms. The maximum Gasteiger partial charge on any atom is 0.166 e. The number of methoxy groups -OCH3 is 1. The van der Waals surface area contributed by atoms with Gasteiger partial charge < -0.3 is 14.7 Å². The monoisotopic (exact) mass is 260 g/mol. The zero-order valence-electron chi connectivity index (χ0n) is 11.3. The van der Waals surface area contributed by atoms with Crippen LogP contribution in [0.5, 0.6) is 11.5 Å². The summed E-state index contributed by atoms with van der Waals surface area (Å²) in [6.45, 7) is 3.46. The molecule has 3 aliphatic heterocycles. The molecular formula is C15H20N2O2. The second-order valence-electron chi connectivity index (χ2n) is 5.47. The summed E-state index contributed by atoms with van der Waals surface area (Å²) >= 11 is 0. The molecule has 4 rings (SSSR count). The molecule has 0 saturated carbocycles. The first-order valence-electron chi connectivity index (χ1n) is 6.86. The summed E-state index contributed by atoms with van der Waals surface area (Å²) in [5.41, 5.74) is 0.839. The maximum atomic E-state index is 10.1. The second-order valence-corrected chi connectivity index (χ2v) is 5.47. The highest BCUT2D eigenvalue weighted by atomic mass is 16.5. The van der Waals surface area contributed by atoms with E-state index < -0.39 is 0 Å². The van der Waals surface area contributed by atoms with E-state index in [1.807, 2.05) is 18.3 Å². The lowest BCUT2D eigenvalue weighted by molar-refractivity contribution is 0.0887. The molecular weight excluding hydrogens is 240 g/mol. The predicted octanol–water partition coefficient (Wildman–Crippen LogP) is 2.06. The normalized spacial score (nSPS) is 29.8. The molecule has 4 heteroatoms. The van der Waals surface area contributed by atoms with E-state index >= 15 is 0 Å². The molecule has 3 fully saturated rings. The average molecular weight is 260 g/mol. The lowest BCUT2D eigenvalue weighted by Crippen LogP contribution is -2.51. The van der Waals surface area contributed by atoms with E-state index in [-0.39, 0.29) is 11.3 Å². The number of ether oxygens (including phenoxy) is 1. The number of piperidine rings is 3. The zero-order chi connectivity index (χ0) is 13.3. The van der Waals surface area contributed by atoms with Gasteiger partial charge in [0.25, 0.3) is 0 Å². The fourth-order valence-electron chi connectivity index (χ4n) is 3.02. The Hall–Kier alpha value is -1.55.